The molecule has 1 aromatic heterocycles. The van der Waals surface area contributed by atoms with Gasteiger partial charge in [-0.3, -0.25) is 0 Å². The molecule has 0 N–H and O–H groups in total. The van der Waals surface area contributed by atoms with E-state index in [2.05, 4.69) is 87.9 Å². The monoisotopic (exact) mass is 345 g/mol. The number of allylic oxidation sites excluding steroid dienone is 2. The molecule has 1 aliphatic heterocycles. The number of rotatable bonds is 3. The normalized spacial score (nSPS) is 18.8. The molecule has 2 heteroatoms. The van der Waals surface area contributed by atoms with Gasteiger partial charge in [0.15, 0.2) is 0 Å². The number of hydrogen-bond donors (Lipinski definition) is 0. The number of ether oxygens (including phenoxy) is 1. The lowest BCUT2D eigenvalue weighted by molar-refractivity contribution is 0.128. The maximum Gasteiger partial charge on any atom is 0.132 e. The first-order valence-corrected chi connectivity index (χ1v) is 9.42. The molecule has 0 fully saturated rings. The smallest absolute Gasteiger partial charge is 0.132 e. The number of nitrogens with zero attached hydrogens (tertiary/aromatic N) is 1. The van der Waals surface area contributed by atoms with Crippen LogP contribution in [0.3, 0.4) is 0 Å². The zero-order chi connectivity index (χ0) is 18.5. The van der Waals surface area contributed by atoms with E-state index >= 15 is 0 Å². The van der Waals surface area contributed by atoms with Crippen LogP contribution < -0.4 is 4.74 Å². The fourth-order valence-corrected chi connectivity index (χ4v) is 4.10. The molecule has 0 unspecified atom stereocenters. The minimum Gasteiger partial charge on any atom is -0.482 e. The zero-order valence-corrected chi connectivity index (χ0v) is 16.4. The Hall–Kier alpha value is -2.48. The minimum absolute atomic E-state index is 0.248. The molecule has 4 rings (SSSR count). The Morgan fingerprint density at radius 2 is 1.96 bits per heavy atom. The summed E-state index contributed by atoms with van der Waals surface area (Å²) in [5, 5.41) is 2.61. The fourth-order valence-electron chi connectivity index (χ4n) is 4.10. The summed E-state index contributed by atoms with van der Waals surface area (Å²) in [4.78, 5) is 0. The van der Waals surface area contributed by atoms with Gasteiger partial charge in [-0.05, 0) is 70.4 Å². The molecule has 0 radical (unpaired) electrons. The number of hydrogen-bond acceptors (Lipinski definition) is 1. The third-order valence-electron chi connectivity index (χ3n) is 5.50. The molecule has 3 aromatic rings. The molecule has 0 saturated carbocycles. The number of aryl methyl sites for hydroxylation is 2. The van der Waals surface area contributed by atoms with Gasteiger partial charge in [0.25, 0.3) is 0 Å². The highest BCUT2D eigenvalue weighted by Crippen LogP contribution is 2.42. The second kappa shape index (κ2) is 6.05. The van der Waals surface area contributed by atoms with Crippen LogP contribution in [0.1, 0.15) is 44.7 Å². The van der Waals surface area contributed by atoms with Gasteiger partial charge in [-0.25, -0.2) is 0 Å². The third-order valence-corrected chi connectivity index (χ3v) is 5.50. The summed E-state index contributed by atoms with van der Waals surface area (Å²) in [6, 6.07) is 10.9. The molecule has 0 amide bonds. The summed E-state index contributed by atoms with van der Waals surface area (Å²) in [6.45, 7) is 8.65. The van der Waals surface area contributed by atoms with Gasteiger partial charge in [-0.1, -0.05) is 29.8 Å². The molecule has 1 aliphatic rings. The van der Waals surface area contributed by atoms with Crippen molar-refractivity contribution in [2.24, 2.45) is 7.05 Å². The topological polar surface area (TPSA) is 14.2 Å². The molecule has 2 heterocycles. The quantitative estimate of drug-likeness (QED) is 0.491. The Balaban J connectivity index is 1.85. The highest BCUT2D eigenvalue weighted by molar-refractivity contribution is 6.11. The zero-order valence-electron chi connectivity index (χ0n) is 16.4. The van der Waals surface area contributed by atoms with Crippen LogP contribution >= 0.6 is 0 Å². The van der Waals surface area contributed by atoms with Crippen molar-refractivity contribution >= 4 is 27.9 Å². The van der Waals surface area contributed by atoms with Crippen LogP contribution in [0, 0.1) is 6.92 Å². The molecule has 26 heavy (non-hydrogen) atoms. The average Bonchev–Trinajstić information content (AvgIpc) is 2.88. The van der Waals surface area contributed by atoms with E-state index in [-0.39, 0.29) is 5.60 Å². The summed E-state index contributed by atoms with van der Waals surface area (Å²) < 4.78 is 8.86. The molecule has 1 atom stereocenters. The molecule has 134 valence electrons. The summed E-state index contributed by atoms with van der Waals surface area (Å²) in [5.41, 5.74) is 6.05. The van der Waals surface area contributed by atoms with Crippen molar-refractivity contribution in [2.75, 3.05) is 0 Å². The van der Waals surface area contributed by atoms with E-state index in [4.69, 9.17) is 4.74 Å². The van der Waals surface area contributed by atoms with Crippen molar-refractivity contribution in [1.29, 1.82) is 0 Å². The Labute approximate surface area is 155 Å². The summed E-state index contributed by atoms with van der Waals surface area (Å²) in [7, 11) is 2.15. The highest BCUT2D eigenvalue weighted by atomic mass is 16.5. The van der Waals surface area contributed by atoms with Crippen molar-refractivity contribution < 1.29 is 4.74 Å². The summed E-state index contributed by atoms with van der Waals surface area (Å²) in [5.74, 6) is 1.03. The van der Waals surface area contributed by atoms with Crippen LogP contribution in [0.5, 0.6) is 5.75 Å². The average molecular weight is 345 g/mol. The van der Waals surface area contributed by atoms with Gasteiger partial charge in [-0.2, -0.15) is 0 Å². The lowest BCUT2D eigenvalue weighted by atomic mass is 9.92. The van der Waals surface area contributed by atoms with Crippen LogP contribution in [0.15, 0.2) is 48.1 Å². The first-order chi connectivity index (χ1) is 12.4. The number of benzene rings is 2. The highest BCUT2D eigenvalue weighted by Gasteiger charge is 2.29. The Kier molecular flexibility index (Phi) is 3.95. The lowest BCUT2D eigenvalue weighted by Gasteiger charge is -2.33. The van der Waals surface area contributed by atoms with E-state index in [1.807, 2.05) is 0 Å². The minimum atomic E-state index is -0.248. The van der Waals surface area contributed by atoms with Gasteiger partial charge in [0, 0.05) is 28.9 Å². The standard InChI is InChI=1S/C24H27NO/c1-16(2)9-8-13-24(4)14-12-19-22-20(15-17(3)23(19)26-24)18-10-6-7-11-21(18)25(22)5/h6-7,9-12,14-15H,8,13H2,1-5H3/t24-/m1/s1. The van der Waals surface area contributed by atoms with E-state index in [1.54, 1.807) is 0 Å². The second-order valence-corrected chi connectivity index (χ2v) is 7.98. The van der Waals surface area contributed by atoms with Crippen LogP contribution in [0.2, 0.25) is 0 Å². The maximum absolute atomic E-state index is 6.56. The SMILES string of the molecule is CC(C)=CCC[C@]1(C)C=Cc2c(c(C)cc3c4ccccc4n(C)c23)O1. The first kappa shape index (κ1) is 17.0. The van der Waals surface area contributed by atoms with Gasteiger partial charge in [-0.15, -0.1) is 0 Å². The van der Waals surface area contributed by atoms with Crippen LogP contribution in [0.4, 0.5) is 0 Å². The van der Waals surface area contributed by atoms with Crippen molar-refractivity contribution in [1.82, 2.24) is 4.57 Å². The van der Waals surface area contributed by atoms with Crippen LogP contribution in [0.25, 0.3) is 27.9 Å². The molecule has 0 saturated heterocycles. The van der Waals surface area contributed by atoms with Crippen molar-refractivity contribution in [3.05, 3.63) is 59.2 Å². The van der Waals surface area contributed by atoms with Crippen LogP contribution in [-0.4, -0.2) is 10.2 Å². The lowest BCUT2D eigenvalue weighted by Crippen LogP contribution is -2.32. The van der Waals surface area contributed by atoms with Crippen molar-refractivity contribution in [3.63, 3.8) is 0 Å². The Morgan fingerprint density at radius 3 is 2.73 bits per heavy atom. The number of aromatic nitrogens is 1. The van der Waals surface area contributed by atoms with Crippen molar-refractivity contribution in [2.45, 2.75) is 46.1 Å². The van der Waals surface area contributed by atoms with E-state index in [0.29, 0.717) is 0 Å². The Morgan fingerprint density at radius 1 is 1.19 bits per heavy atom. The van der Waals surface area contributed by atoms with Gasteiger partial charge in [0.05, 0.1) is 5.52 Å². The number of fused-ring (bicyclic) bond motifs is 5. The van der Waals surface area contributed by atoms with E-state index in [0.717, 1.165) is 18.6 Å². The molecule has 0 spiro atoms. The summed E-state index contributed by atoms with van der Waals surface area (Å²) >= 11 is 0. The van der Waals surface area contributed by atoms with Crippen molar-refractivity contribution in [3.8, 4) is 5.75 Å². The second-order valence-electron chi connectivity index (χ2n) is 7.98. The molecule has 0 bridgehead atoms. The van der Waals surface area contributed by atoms with Gasteiger partial charge < -0.3 is 9.30 Å². The van der Waals surface area contributed by atoms with Gasteiger partial charge >= 0.3 is 0 Å². The molecule has 0 aliphatic carbocycles. The third kappa shape index (κ3) is 2.65. The predicted molar refractivity (Wildman–Crippen MR) is 112 cm³/mol. The molecule has 2 nitrogen and oxygen atoms in total. The van der Waals surface area contributed by atoms with E-state index in [1.165, 1.54) is 38.5 Å². The predicted octanol–water partition coefficient (Wildman–Crippen LogP) is 6.55. The maximum atomic E-state index is 6.56. The number of para-hydroxylation sites is 1. The van der Waals surface area contributed by atoms with E-state index < -0.39 is 0 Å². The van der Waals surface area contributed by atoms with E-state index in [9.17, 15) is 0 Å². The van der Waals surface area contributed by atoms with Crippen LogP contribution in [-0.2, 0) is 7.05 Å². The summed E-state index contributed by atoms with van der Waals surface area (Å²) in [6.07, 6.45) is 8.83. The molecular formula is C24H27NO. The van der Waals surface area contributed by atoms with Gasteiger partial charge in [0.2, 0.25) is 0 Å². The Bertz CT molecular complexity index is 1060. The first-order valence-electron chi connectivity index (χ1n) is 9.42. The van der Waals surface area contributed by atoms with Gasteiger partial charge in [0.1, 0.15) is 11.4 Å². The largest absolute Gasteiger partial charge is 0.482 e. The fraction of sp³-hybridized carbons (Fsp3) is 0.333. The molecule has 2 aromatic carbocycles. The molecular weight excluding hydrogens is 318 g/mol.